The molecule has 6 nitrogen and oxygen atoms in total. The fraction of sp³-hybridized carbons (Fsp3) is 0.100. The highest BCUT2D eigenvalue weighted by Crippen LogP contribution is 2.44. The molecule has 0 fully saturated rings. The van der Waals surface area contributed by atoms with Crippen LogP contribution in [0.3, 0.4) is 0 Å². The second-order valence-electron chi connectivity index (χ2n) is 6.23. The minimum absolute atomic E-state index is 0.168. The number of halogens is 4. The Morgan fingerprint density at radius 1 is 1.06 bits per heavy atom. The van der Waals surface area contributed by atoms with Crippen LogP contribution >= 0.6 is 11.8 Å². The number of methoxy groups -OCH3 is 1. The number of hydrogen-bond acceptors (Lipinski definition) is 6. The Hall–Kier alpha value is -3.47. The first kappa shape index (κ1) is 20.8. The van der Waals surface area contributed by atoms with Crippen LogP contribution in [0, 0.1) is 23.3 Å². The van der Waals surface area contributed by atoms with E-state index in [1.165, 1.54) is 19.4 Å². The van der Waals surface area contributed by atoms with Crippen LogP contribution in [-0.2, 0) is 0 Å². The van der Waals surface area contributed by atoms with Crippen LogP contribution in [0.15, 0.2) is 53.9 Å². The van der Waals surface area contributed by atoms with Crippen molar-refractivity contribution in [2.75, 3.05) is 7.11 Å². The van der Waals surface area contributed by atoms with Crippen LogP contribution in [0.2, 0.25) is 0 Å². The smallest absolute Gasteiger partial charge is 0.281 e. The second-order valence-corrected chi connectivity index (χ2v) is 7.30. The Morgan fingerprint density at radius 2 is 1.81 bits per heavy atom. The van der Waals surface area contributed by atoms with E-state index < -0.39 is 40.1 Å². The van der Waals surface area contributed by atoms with Gasteiger partial charge in [-0.25, -0.2) is 27.6 Å². The first-order valence-corrected chi connectivity index (χ1v) is 9.61. The first-order valence-electron chi connectivity index (χ1n) is 8.73. The molecule has 3 heterocycles. The molecule has 0 bridgehead atoms. The van der Waals surface area contributed by atoms with Crippen molar-refractivity contribution in [1.29, 1.82) is 0 Å². The number of aromatic nitrogens is 2. The van der Waals surface area contributed by atoms with E-state index >= 15 is 0 Å². The highest BCUT2D eigenvalue weighted by molar-refractivity contribution is 8.14. The molecule has 1 amide bonds. The number of amides is 1. The average Bonchev–Trinajstić information content (AvgIpc) is 3.18. The maximum atomic E-state index is 14.3. The lowest BCUT2D eigenvalue weighted by molar-refractivity contribution is 0.0737. The minimum atomic E-state index is -1.37. The molecular weight excluding hydrogens is 436 g/mol. The summed E-state index contributed by atoms with van der Waals surface area (Å²) in [6.45, 7) is 0. The Kier molecular flexibility index (Phi) is 5.59. The first-order chi connectivity index (χ1) is 14.9. The molecule has 4 rings (SSSR count). The topological polar surface area (TPSA) is 67.7 Å². The van der Waals surface area contributed by atoms with E-state index in [2.05, 4.69) is 15.1 Å². The third kappa shape index (κ3) is 3.96. The number of carbonyl (C=O) groups is 1. The normalized spacial score (nSPS) is 15.7. The van der Waals surface area contributed by atoms with Gasteiger partial charge in [-0.3, -0.25) is 9.78 Å². The number of ether oxygens (including phenoxy) is 1. The van der Waals surface area contributed by atoms with Gasteiger partial charge in [0.05, 0.1) is 19.0 Å². The van der Waals surface area contributed by atoms with Crippen molar-refractivity contribution in [3.05, 3.63) is 88.9 Å². The molecule has 0 aliphatic carbocycles. The fourth-order valence-corrected chi connectivity index (χ4v) is 4.05. The SMILES string of the molecule is COc1ncccc1C1SC(c2ccc(F)cn2)=NN1C(=O)c1c(F)cc(F)cc1F. The molecule has 31 heavy (non-hydrogen) atoms. The number of thioether (sulfide) groups is 1. The average molecular weight is 448 g/mol. The van der Waals surface area contributed by atoms with E-state index in [0.29, 0.717) is 17.7 Å². The Bertz CT molecular complexity index is 1170. The van der Waals surface area contributed by atoms with E-state index in [1.807, 2.05) is 0 Å². The maximum Gasteiger partial charge on any atom is 0.281 e. The van der Waals surface area contributed by atoms with Gasteiger partial charge in [-0.1, -0.05) is 11.8 Å². The highest BCUT2D eigenvalue weighted by atomic mass is 32.2. The number of carbonyl (C=O) groups excluding carboxylic acids is 1. The molecule has 1 aliphatic heterocycles. The molecule has 3 aromatic rings. The van der Waals surface area contributed by atoms with Crippen LogP contribution in [0.1, 0.15) is 27.0 Å². The van der Waals surface area contributed by atoms with Gasteiger partial charge in [0.1, 0.15) is 39.2 Å². The van der Waals surface area contributed by atoms with Gasteiger partial charge in [0.2, 0.25) is 5.88 Å². The quantitative estimate of drug-likeness (QED) is 0.557. The molecule has 1 atom stereocenters. The summed E-state index contributed by atoms with van der Waals surface area (Å²) in [5.41, 5.74) is -0.325. The molecule has 0 radical (unpaired) electrons. The Labute approximate surface area is 177 Å². The van der Waals surface area contributed by atoms with Crippen LogP contribution in [0.4, 0.5) is 17.6 Å². The van der Waals surface area contributed by atoms with Crippen molar-refractivity contribution in [3.63, 3.8) is 0 Å². The molecule has 2 aromatic heterocycles. The third-order valence-corrected chi connectivity index (χ3v) is 5.47. The number of rotatable bonds is 4. The van der Waals surface area contributed by atoms with Crippen molar-refractivity contribution < 1.29 is 27.1 Å². The Morgan fingerprint density at radius 3 is 2.45 bits per heavy atom. The van der Waals surface area contributed by atoms with Crippen molar-refractivity contribution in [3.8, 4) is 5.88 Å². The van der Waals surface area contributed by atoms with Crippen molar-refractivity contribution in [1.82, 2.24) is 15.0 Å². The molecule has 0 saturated carbocycles. The summed E-state index contributed by atoms with van der Waals surface area (Å²) in [6, 6.07) is 6.53. The van der Waals surface area contributed by atoms with Gasteiger partial charge >= 0.3 is 0 Å². The largest absolute Gasteiger partial charge is 0.481 e. The van der Waals surface area contributed by atoms with Gasteiger partial charge in [-0.15, -0.1) is 0 Å². The number of hydrogen-bond donors (Lipinski definition) is 0. The van der Waals surface area contributed by atoms with E-state index in [0.717, 1.165) is 29.0 Å². The molecular formula is C20H12F4N4O2S. The fourth-order valence-electron chi connectivity index (χ4n) is 2.91. The zero-order valence-corrected chi connectivity index (χ0v) is 16.5. The number of nitrogens with zero attached hydrogens (tertiary/aromatic N) is 4. The molecule has 158 valence electrons. The summed E-state index contributed by atoms with van der Waals surface area (Å²) in [5, 5.41) is 4.28. The predicted octanol–water partition coefficient (Wildman–Crippen LogP) is 4.29. The lowest BCUT2D eigenvalue weighted by Gasteiger charge is -2.22. The molecule has 1 aliphatic rings. The minimum Gasteiger partial charge on any atom is -0.481 e. The Balaban J connectivity index is 1.81. The van der Waals surface area contributed by atoms with Gasteiger partial charge in [0.25, 0.3) is 5.91 Å². The van der Waals surface area contributed by atoms with Crippen LogP contribution in [0.25, 0.3) is 0 Å². The summed E-state index contributed by atoms with van der Waals surface area (Å²) in [7, 11) is 1.38. The van der Waals surface area contributed by atoms with E-state index in [4.69, 9.17) is 4.74 Å². The highest BCUT2D eigenvalue weighted by Gasteiger charge is 2.39. The van der Waals surface area contributed by atoms with Crippen molar-refractivity contribution >= 4 is 22.7 Å². The van der Waals surface area contributed by atoms with E-state index in [9.17, 15) is 22.4 Å². The summed E-state index contributed by atoms with van der Waals surface area (Å²) < 4.78 is 60.4. The van der Waals surface area contributed by atoms with E-state index in [1.54, 1.807) is 12.1 Å². The summed E-state index contributed by atoms with van der Waals surface area (Å²) in [4.78, 5) is 21.1. The zero-order chi connectivity index (χ0) is 22.1. The molecule has 1 aromatic carbocycles. The number of benzene rings is 1. The van der Waals surface area contributed by atoms with Gasteiger partial charge < -0.3 is 4.74 Å². The zero-order valence-electron chi connectivity index (χ0n) is 15.7. The molecule has 0 saturated heterocycles. The van der Waals surface area contributed by atoms with Gasteiger partial charge in [0.15, 0.2) is 0 Å². The molecule has 0 N–H and O–H groups in total. The molecule has 11 heteroatoms. The van der Waals surface area contributed by atoms with Gasteiger partial charge in [0, 0.05) is 23.9 Å². The monoisotopic (exact) mass is 448 g/mol. The molecule has 1 unspecified atom stereocenters. The summed E-state index contributed by atoms with van der Waals surface area (Å²) in [5.74, 6) is -5.44. The van der Waals surface area contributed by atoms with Crippen molar-refractivity contribution in [2.24, 2.45) is 5.10 Å². The lowest BCUT2D eigenvalue weighted by Crippen LogP contribution is -2.28. The van der Waals surface area contributed by atoms with Crippen molar-refractivity contribution in [2.45, 2.75) is 5.37 Å². The molecule has 0 spiro atoms. The third-order valence-electron chi connectivity index (χ3n) is 4.28. The second kappa shape index (κ2) is 8.34. The van der Waals surface area contributed by atoms with Crippen LogP contribution in [0.5, 0.6) is 5.88 Å². The summed E-state index contributed by atoms with van der Waals surface area (Å²) >= 11 is 1.03. The number of hydrazone groups is 1. The predicted molar refractivity (Wildman–Crippen MR) is 104 cm³/mol. The maximum absolute atomic E-state index is 14.3. The van der Waals surface area contributed by atoms with Crippen LogP contribution < -0.4 is 4.74 Å². The van der Waals surface area contributed by atoms with Gasteiger partial charge in [-0.05, 0) is 24.3 Å². The van der Waals surface area contributed by atoms with Crippen LogP contribution in [-0.4, -0.2) is 33.0 Å². The van der Waals surface area contributed by atoms with Gasteiger partial charge in [-0.2, -0.15) is 5.10 Å². The standard InChI is InChI=1S/C20H12F4N4O2S/c1-30-17-12(3-2-6-25-17)20-28(19(29)16-13(23)7-11(22)8-14(16)24)27-18(31-20)15-5-4-10(21)9-26-15/h2-9,20H,1H3. The number of pyridine rings is 2. The lowest BCUT2D eigenvalue weighted by atomic mass is 10.1. The summed E-state index contributed by atoms with van der Waals surface area (Å²) in [6.07, 6.45) is 2.44. The van der Waals surface area contributed by atoms with E-state index in [-0.39, 0.29) is 16.6 Å².